The summed E-state index contributed by atoms with van der Waals surface area (Å²) >= 11 is 0. The van der Waals surface area contributed by atoms with Gasteiger partial charge in [-0.05, 0) is 12.1 Å². The molecule has 0 aliphatic rings. The van der Waals surface area contributed by atoms with E-state index in [1.165, 1.54) is 36.7 Å². The van der Waals surface area contributed by atoms with E-state index >= 15 is 0 Å². The van der Waals surface area contributed by atoms with Crippen molar-refractivity contribution in [1.82, 2.24) is 11.0 Å². The van der Waals surface area contributed by atoms with Crippen molar-refractivity contribution in [2.45, 2.75) is 0 Å². The molecule has 2 N–H and O–H groups in total. The summed E-state index contributed by atoms with van der Waals surface area (Å²) in [5.74, 6) is -1.86. The first kappa shape index (κ1) is 12.8. The Hall–Kier alpha value is -3.26. The molecule has 0 saturated carbocycles. The lowest BCUT2D eigenvalue weighted by atomic mass is 10.1. The second kappa shape index (κ2) is 6.35. The Labute approximate surface area is 101 Å². The topological polar surface area (TPSA) is 124 Å². The number of hydrogen-bond donors (Lipinski definition) is 2. The molecule has 0 saturated heterocycles. The van der Waals surface area contributed by atoms with E-state index in [1.54, 1.807) is 11.0 Å². The van der Waals surface area contributed by atoms with Crippen LogP contribution in [0.5, 0.6) is 0 Å². The molecule has 0 atom stereocenters. The molecule has 8 nitrogen and oxygen atoms in total. The molecular formula is C10H6N4O4. The van der Waals surface area contributed by atoms with Crippen LogP contribution >= 0.6 is 0 Å². The van der Waals surface area contributed by atoms with Crippen molar-refractivity contribution < 1.29 is 19.3 Å². The van der Waals surface area contributed by atoms with Gasteiger partial charge in [0, 0.05) is 0 Å². The average molecular weight is 246 g/mol. The predicted octanol–water partition coefficient (Wildman–Crippen LogP) is -0.0284. The van der Waals surface area contributed by atoms with Gasteiger partial charge in [-0.1, -0.05) is 12.1 Å². The van der Waals surface area contributed by atoms with Gasteiger partial charge >= 0.3 is 11.9 Å². The number of nitrogens with zero attached hydrogens (tertiary/aromatic N) is 2. The fourth-order valence-corrected chi connectivity index (χ4v) is 1.09. The Morgan fingerprint density at radius 1 is 0.944 bits per heavy atom. The molecule has 0 aliphatic heterocycles. The maximum Gasteiger partial charge on any atom is 0.364 e. The molecule has 8 heteroatoms. The average Bonchev–Trinajstić information content (AvgIpc) is 2.42. The summed E-state index contributed by atoms with van der Waals surface area (Å²) in [7, 11) is 0. The number of nitriles is 2. The minimum atomic E-state index is -0.930. The van der Waals surface area contributed by atoms with Crippen LogP contribution in [-0.2, 0) is 9.68 Å². The number of nitrogens with one attached hydrogen (secondary N) is 2. The quantitative estimate of drug-likeness (QED) is 0.431. The molecule has 0 heterocycles. The largest absolute Gasteiger partial charge is 0.364 e. The first-order valence-electron chi connectivity index (χ1n) is 4.50. The highest BCUT2D eigenvalue weighted by Crippen LogP contribution is 2.10. The minimum Gasteiger partial charge on any atom is -0.329 e. The van der Waals surface area contributed by atoms with Gasteiger partial charge in [-0.3, -0.25) is 0 Å². The summed E-state index contributed by atoms with van der Waals surface area (Å²) in [6.45, 7) is 0. The van der Waals surface area contributed by atoms with E-state index in [2.05, 4.69) is 9.68 Å². The third-order valence-corrected chi connectivity index (χ3v) is 1.75. The Morgan fingerprint density at radius 3 is 1.67 bits per heavy atom. The number of carbonyl (C=O) groups is 2. The van der Waals surface area contributed by atoms with Crippen molar-refractivity contribution >= 4 is 11.9 Å². The van der Waals surface area contributed by atoms with E-state index < -0.39 is 11.9 Å². The Balaban J connectivity index is 2.93. The minimum absolute atomic E-state index is 0.106. The van der Waals surface area contributed by atoms with E-state index in [0.29, 0.717) is 0 Å². The summed E-state index contributed by atoms with van der Waals surface area (Å²) in [5, 5.41) is 16.4. The van der Waals surface area contributed by atoms with Crippen molar-refractivity contribution in [2.24, 2.45) is 0 Å². The van der Waals surface area contributed by atoms with Crippen LogP contribution in [-0.4, -0.2) is 11.9 Å². The number of hydroxylamine groups is 2. The molecule has 0 unspecified atom stereocenters. The Morgan fingerprint density at radius 2 is 1.33 bits per heavy atom. The van der Waals surface area contributed by atoms with Gasteiger partial charge in [0.05, 0.1) is 11.1 Å². The lowest BCUT2D eigenvalue weighted by Gasteiger charge is -2.05. The molecular weight excluding hydrogens is 240 g/mol. The second-order valence-electron chi connectivity index (χ2n) is 2.75. The summed E-state index contributed by atoms with van der Waals surface area (Å²) in [5.41, 5.74) is 3.17. The van der Waals surface area contributed by atoms with Crippen LogP contribution in [0.15, 0.2) is 24.3 Å². The van der Waals surface area contributed by atoms with Crippen molar-refractivity contribution in [1.29, 1.82) is 10.5 Å². The van der Waals surface area contributed by atoms with Crippen molar-refractivity contribution in [3.8, 4) is 12.4 Å². The van der Waals surface area contributed by atoms with Crippen LogP contribution in [0.2, 0.25) is 0 Å². The smallest absolute Gasteiger partial charge is 0.329 e. The van der Waals surface area contributed by atoms with E-state index in [0.717, 1.165) is 0 Å². The lowest BCUT2D eigenvalue weighted by molar-refractivity contribution is 0.0316. The fraction of sp³-hybridized carbons (Fsp3) is 0. The highest BCUT2D eigenvalue weighted by Gasteiger charge is 2.19. The highest BCUT2D eigenvalue weighted by atomic mass is 16.7. The summed E-state index contributed by atoms with van der Waals surface area (Å²) < 4.78 is 0. The molecule has 0 spiro atoms. The number of benzene rings is 1. The van der Waals surface area contributed by atoms with Crippen LogP contribution < -0.4 is 11.0 Å². The van der Waals surface area contributed by atoms with Gasteiger partial charge in [0.2, 0.25) is 12.4 Å². The van der Waals surface area contributed by atoms with Crippen LogP contribution in [0.4, 0.5) is 0 Å². The number of rotatable bonds is 4. The summed E-state index contributed by atoms with van der Waals surface area (Å²) in [6, 6.07) is 5.61. The van der Waals surface area contributed by atoms with Gasteiger partial charge in [0.1, 0.15) is 0 Å². The van der Waals surface area contributed by atoms with Crippen LogP contribution in [0.3, 0.4) is 0 Å². The normalized spacial score (nSPS) is 8.33. The Kier molecular flexibility index (Phi) is 4.52. The van der Waals surface area contributed by atoms with E-state index in [-0.39, 0.29) is 11.1 Å². The van der Waals surface area contributed by atoms with Crippen LogP contribution in [0.25, 0.3) is 0 Å². The molecule has 0 aromatic heterocycles. The van der Waals surface area contributed by atoms with Gasteiger partial charge in [-0.25, -0.2) is 9.59 Å². The zero-order valence-corrected chi connectivity index (χ0v) is 8.84. The monoisotopic (exact) mass is 246 g/mol. The zero-order chi connectivity index (χ0) is 13.4. The second-order valence-corrected chi connectivity index (χ2v) is 2.75. The van der Waals surface area contributed by atoms with Crippen molar-refractivity contribution in [3.05, 3.63) is 35.4 Å². The maximum atomic E-state index is 11.5. The lowest BCUT2D eigenvalue weighted by Crippen LogP contribution is -2.21. The van der Waals surface area contributed by atoms with Gasteiger partial charge in [-0.15, -0.1) is 0 Å². The molecule has 0 amide bonds. The molecule has 0 fully saturated rings. The predicted molar refractivity (Wildman–Crippen MR) is 54.8 cm³/mol. The molecule has 0 radical (unpaired) electrons. The molecule has 1 rings (SSSR count). The zero-order valence-electron chi connectivity index (χ0n) is 8.84. The molecule has 0 aliphatic carbocycles. The van der Waals surface area contributed by atoms with Gasteiger partial charge in [0.25, 0.3) is 0 Å². The van der Waals surface area contributed by atoms with Gasteiger partial charge in [0.15, 0.2) is 0 Å². The Bertz CT molecular complexity index is 495. The third-order valence-electron chi connectivity index (χ3n) is 1.75. The molecule has 1 aromatic carbocycles. The van der Waals surface area contributed by atoms with Crippen molar-refractivity contribution in [3.63, 3.8) is 0 Å². The van der Waals surface area contributed by atoms with Gasteiger partial charge < -0.3 is 9.68 Å². The number of carbonyl (C=O) groups excluding carboxylic acids is 2. The summed E-state index contributed by atoms with van der Waals surface area (Å²) in [4.78, 5) is 31.6. The van der Waals surface area contributed by atoms with E-state index in [9.17, 15) is 9.59 Å². The maximum absolute atomic E-state index is 11.5. The molecule has 18 heavy (non-hydrogen) atoms. The molecule has 90 valence electrons. The molecule has 1 aromatic rings. The highest BCUT2D eigenvalue weighted by molar-refractivity contribution is 6.02. The van der Waals surface area contributed by atoms with E-state index in [4.69, 9.17) is 10.5 Å². The SMILES string of the molecule is N#CNOC(=O)c1ccccc1C(=O)ONC#N. The van der Waals surface area contributed by atoms with E-state index in [1.807, 2.05) is 0 Å². The molecule has 0 bridgehead atoms. The fourth-order valence-electron chi connectivity index (χ4n) is 1.09. The number of hydrogen-bond acceptors (Lipinski definition) is 8. The standard InChI is InChI=1S/C10H6N4O4/c11-5-13-17-9(15)7-3-1-2-4-8(7)10(16)18-14-6-12/h1-4,13-14H. The third kappa shape index (κ3) is 3.12. The first-order chi connectivity index (χ1) is 8.70. The van der Waals surface area contributed by atoms with Crippen LogP contribution in [0.1, 0.15) is 20.7 Å². The van der Waals surface area contributed by atoms with Gasteiger partial charge in [-0.2, -0.15) is 21.5 Å². The van der Waals surface area contributed by atoms with Crippen LogP contribution in [0, 0.1) is 22.9 Å². The van der Waals surface area contributed by atoms with Crippen molar-refractivity contribution in [2.75, 3.05) is 0 Å². The summed E-state index contributed by atoms with van der Waals surface area (Å²) in [6.07, 6.45) is 2.77. The first-order valence-corrected chi connectivity index (χ1v) is 4.50.